The molecule has 4 heteroatoms. The topological polar surface area (TPSA) is 58.6 Å². The number of nitrogens with one attached hydrogen (secondary N) is 1. The second-order valence-electron chi connectivity index (χ2n) is 4.62. The van der Waals surface area contributed by atoms with E-state index in [0.29, 0.717) is 13.0 Å². The van der Waals surface area contributed by atoms with Gasteiger partial charge in [0.25, 0.3) is 0 Å². The zero-order chi connectivity index (χ0) is 11.9. The molecule has 0 saturated heterocycles. The average Bonchev–Trinajstić information content (AvgIpc) is 2.10. The van der Waals surface area contributed by atoms with Gasteiger partial charge in [0, 0.05) is 12.6 Å². The fourth-order valence-electron chi connectivity index (χ4n) is 1.39. The highest BCUT2D eigenvalue weighted by Gasteiger charge is 2.24. The van der Waals surface area contributed by atoms with Gasteiger partial charge in [-0.3, -0.25) is 4.79 Å². The van der Waals surface area contributed by atoms with Crippen LogP contribution in [-0.2, 0) is 9.53 Å². The summed E-state index contributed by atoms with van der Waals surface area (Å²) in [7, 11) is 0. The van der Waals surface area contributed by atoms with Gasteiger partial charge in [-0.1, -0.05) is 20.8 Å². The molecule has 0 aromatic rings. The number of carbonyl (C=O) groups excluding carboxylic acids is 1. The van der Waals surface area contributed by atoms with E-state index in [2.05, 4.69) is 26.1 Å². The first-order valence-corrected chi connectivity index (χ1v) is 5.41. The Morgan fingerprint density at radius 3 is 2.47 bits per heavy atom. The van der Waals surface area contributed by atoms with Gasteiger partial charge in [0.15, 0.2) is 0 Å². The van der Waals surface area contributed by atoms with E-state index < -0.39 is 0 Å². The molecule has 0 aromatic heterocycles. The van der Waals surface area contributed by atoms with Gasteiger partial charge < -0.3 is 15.2 Å². The maximum absolute atomic E-state index is 11.1. The van der Waals surface area contributed by atoms with Crippen LogP contribution in [0.5, 0.6) is 0 Å². The van der Waals surface area contributed by atoms with Crippen molar-refractivity contribution in [2.75, 3.05) is 19.8 Å². The molecule has 15 heavy (non-hydrogen) atoms. The van der Waals surface area contributed by atoms with E-state index >= 15 is 0 Å². The van der Waals surface area contributed by atoms with E-state index in [1.165, 1.54) is 0 Å². The molecule has 2 N–H and O–H groups in total. The first kappa shape index (κ1) is 14.4. The Hall–Kier alpha value is -0.610. The Bertz CT molecular complexity index is 187. The monoisotopic (exact) mass is 217 g/mol. The molecule has 0 bridgehead atoms. The zero-order valence-corrected chi connectivity index (χ0v) is 10.2. The standard InChI is InChI=1S/C11H23NO3/c1-5-15-10(14)8-12-9(6-7-13)11(2,3)4/h9,12-13H,5-8H2,1-4H3. The number of rotatable bonds is 6. The summed E-state index contributed by atoms with van der Waals surface area (Å²) in [6.45, 7) is 8.74. The van der Waals surface area contributed by atoms with Gasteiger partial charge in [0.1, 0.15) is 0 Å². The van der Waals surface area contributed by atoms with Crippen molar-refractivity contribution in [3.05, 3.63) is 0 Å². The molecule has 1 atom stereocenters. The molecule has 90 valence electrons. The molecule has 0 saturated carbocycles. The van der Waals surface area contributed by atoms with Crippen LogP contribution in [0, 0.1) is 5.41 Å². The predicted octanol–water partition coefficient (Wildman–Crippen LogP) is 0.936. The summed E-state index contributed by atoms with van der Waals surface area (Å²) in [5, 5.41) is 12.0. The minimum Gasteiger partial charge on any atom is -0.465 e. The fraction of sp³-hybridized carbons (Fsp3) is 0.909. The molecule has 0 rings (SSSR count). The smallest absolute Gasteiger partial charge is 0.319 e. The number of hydrogen-bond donors (Lipinski definition) is 2. The van der Waals surface area contributed by atoms with Crippen molar-refractivity contribution in [1.82, 2.24) is 5.32 Å². The Kier molecular flexibility index (Phi) is 6.52. The van der Waals surface area contributed by atoms with Crippen LogP contribution < -0.4 is 5.32 Å². The van der Waals surface area contributed by atoms with Crippen molar-refractivity contribution in [2.45, 2.75) is 40.2 Å². The van der Waals surface area contributed by atoms with Crippen molar-refractivity contribution in [3.63, 3.8) is 0 Å². The van der Waals surface area contributed by atoms with Crippen LogP contribution in [0.25, 0.3) is 0 Å². The molecule has 0 aliphatic carbocycles. The molecule has 0 aromatic carbocycles. The molecule has 0 aliphatic heterocycles. The van der Waals surface area contributed by atoms with E-state index in [0.717, 1.165) is 0 Å². The van der Waals surface area contributed by atoms with Crippen LogP contribution >= 0.6 is 0 Å². The van der Waals surface area contributed by atoms with Crippen molar-refractivity contribution in [3.8, 4) is 0 Å². The fourth-order valence-corrected chi connectivity index (χ4v) is 1.39. The quantitative estimate of drug-likeness (QED) is 0.650. The largest absolute Gasteiger partial charge is 0.465 e. The van der Waals surface area contributed by atoms with Crippen LogP contribution in [0.15, 0.2) is 0 Å². The minimum atomic E-state index is -0.246. The zero-order valence-electron chi connectivity index (χ0n) is 10.2. The second-order valence-corrected chi connectivity index (χ2v) is 4.62. The summed E-state index contributed by atoms with van der Waals surface area (Å²) < 4.78 is 4.82. The average molecular weight is 217 g/mol. The summed E-state index contributed by atoms with van der Waals surface area (Å²) in [4.78, 5) is 11.1. The lowest BCUT2D eigenvalue weighted by molar-refractivity contribution is -0.142. The normalized spacial score (nSPS) is 13.7. The molecule has 0 heterocycles. The first-order chi connectivity index (χ1) is 6.91. The highest BCUT2D eigenvalue weighted by molar-refractivity contribution is 5.71. The van der Waals surface area contributed by atoms with E-state index in [-0.39, 0.29) is 30.6 Å². The van der Waals surface area contributed by atoms with Crippen molar-refractivity contribution in [1.29, 1.82) is 0 Å². The van der Waals surface area contributed by atoms with Crippen LogP contribution in [0.3, 0.4) is 0 Å². The SMILES string of the molecule is CCOC(=O)CNC(CCO)C(C)(C)C. The summed E-state index contributed by atoms with van der Waals surface area (Å²) in [5.41, 5.74) is 0.0230. The highest BCUT2D eigenvalue weighted by Crippen LogP contribution is 2.21. The molecule has 0 aliphatic rings. The van der Waals surface area contributed by atoms with Crippen molar-refractivity contribution >= 4 is 5.97 Å². The number of aliphatic hydroxyl groups is 1. The molecule has 1 unspecified atom stereocenters. The van der Waals surface area contributed by atoms with Gasteiger partial charge in [-0.25, -0.2) is 0 Å². The number of esters is 1. The number of aliphatic hydroxyl groups excluding tert-OH is 1. The Morgan fingerprint density at radius 2 is 2.07 bits per heavy atom. The second kappa shape index (κ2) is 6.80. The van der Waals surface area contributed by atoms with Crippen molar-refractivity contribution in [2.24, 2.45) is 5.41 Å². The predicted molar refractivity (Wildman–Crippen MR) is 59.6 cm³/mol. The summed E-state index contributed by atoms with van der Waals surface area (Å²) in [6, 6.07) is 0.118. The van der Waals surface area contributed by atoms with Gasteiger partial charge >= 0.3 is 5.97 Å². The number of ether oxygens (including phenoxy) is 1. The lowest BCUT2D eigenvalue weighted by atomic mass is 9.85. The third kappa shape index (κ3) is 6.47. The van der Waals surface area contributed by atoms with Crippen LogP contribution in [-0.4, -0.2) is 36.9 Å². The summed E-state index contributed by atoms with van der Waals surface area (Å²) in [6.07, 6.45) is 0.642. The Balaban J connectivity index is 4.02. The van der Waals surface area contributed by atoms with Crippen LogP contribution in [0.4, 0.5) is 0 Å². The van der Waals surface area contributed by atoms with E-state index in [1.54, 1.807) is 6.92 Å². The molecule has 0 amide bonds. The summed E-state index contributed by atoms with van der Waals surface area (Å²) in [5.74, 6) is -0.246. The minimum absolute atomic E-state index is 0.0230. The lowest BCUT2D eigenvalue weighted by Crippen LogP contribution is -2.43. The van der Waals surface area contributed by atoms with Gasteiger partial charge in [-0.15, -0.1) is 0 Å². The first-order valence-electron chi connectivity index (χ1n) is 5.41. The Morgan fingerprint density at radius 1 is 1.47 bits per heavy atom. The molecule has 0 fully saturated rings. The Labute approximate surface area is 92.0 Å². The van der Waals surface area contributed by atoms with Gasteiger partial charge in [0.05, 0.1) is 13.2 Å². The molecule has 0 radical (unpaired) electrons. The van der Waals surface area contributed by atoms with Gasteiger partial charge in [0.2, 0.25) is 0 Å². The maximum Gasteiger partial charge on any atom is 0.319 e. The lowest BCUT2D eigenvalue weighted by Gasteiger charge is -2.30. The number of hydrogen-bond acceptors (Lipinski definition) is 4. The highest BCUT2D eigenvalue weighted by atomic mass is 16.5. The van der Waals surface area contributed by atoms with Gasteiger partial charge in [-0.05, 0) is 18.8 Å². The molecular weight excluding hydrogens is 194 g/mol. The van der Waals surface area contributed by atoms with Crippen LogP contribution in [0.2, 0.25) is 0 Å². The third-order valence-corrected chi connectivity index (χ3v) is 2.26. The molecule has 0 spiro atoms. The van der Waals surface area contributed by atoms with E-state index in [4.69, 9.17) is 9.84 Å². The van der Waals surface area contributed by atoms with E-state index in [1.807, 2.05) is 0 Å². The maximum atomic E-state index is 11.1. The molecular formula is C11H23NO3. The summed E-state index contributed by atoms with van der Waals surface area (Å²) >= 11 is 0. The third-order valence-electron chi connectivity index (χ3n) is 2.26. The van der Waals surface area contributed by atoms with Gasteiger partial charge in [-0.2, -0.15) is 0 Å². The number of carbonyl (C=O) groups is 1. The van der Waals surface area contributed by atoms with Crippen LogP contribution in [0.1, 0.15) is 34.1 Å². The molecule has 4 nitrogen and oxygen atoms in total. The van der Waals surface area contributed by atoms with Crippen molar-refractivity contribution < 1.29 is 14.6 Å². The van der Waals surface area contributed by atoms with E-state index in [9.17, 15) is 4.79 Å².